The standard InChI is InChI=1S/C9H16O2/c1-5-9(4,11)8(10)6-7(2)3/h11H,2,5-6H2,1,3-4H3. The first-order valence-electron chi connectivity index (χ1n) is 3.80. The Balaban J connectivity index is 4.13. The molecule has 1 atom stereocenters. The molecule has 1 N–H and O–H groups in total. The van der Waals surface area contributed by atoms with Crippen molar-refractivity contribution in [1.29, 1.82) is 0 Å². The van der Waals surface area contributed by atoms with Crippen molar-refractivity contribution in [3.05, 3.63) is 12.2 Å². The van der Waals surface area contributed by atoms with Crippen LogP contribution in [-0.4, -0.2) is 16.5 Å². The molecule has 0 aliphatic heterocycles. The maximum Gasteiger partial charge on any atom is 0.168 e. The zero-order valence-corrected chi connectivity index (χ0v) is 7.48. The predicted octanol–water partition coefficient (Wildman–Crippen LogP) is 1.68. The van der Waals surface area contributed by atoms with Crippen LogP contribution in [0.3, 0.4) is 0 Å². The van der Waals surface area contributed by atoms with Crippen LogP contribution in [0.25, 0.3) is 0 Å². The van der Waals surface area contributed by atoms with E-state index in [9.17, 15) is 9.90 Å². The van der Waals surface area contributed by atoms with E-state index < -0.39 is 5.60 Å². The summed E-state index contributed by atoms with van der Waals surface area (Å²) in [4.78, 5) is 11.2. The Labute approximate surface area is 67.9 Å². The molecule has 1 unspecified atom stereocenters. The molecule has 0 aromatic rings. The van der Waals surface area contributed by atoms with Gasteiger partial charge in [-0.15, -0.1) is 0 Å². The van der Waals surface area contributed by atoms with Crippen LogP contribution >= 0.6 is 0 Å². The second kappa shape index (κ2) is 3.67. The minimum Gasteiger partial charge on any atom is -0.382 e. The molecular formula is C9H16O2. The lowest BCUT2D eigenvalue weighted by molar-refractivity contribution is -0.135. The van der Waals surface area contributed by atoms with Crippen molar-refractivity contribution in [2.24, 2.45) is 0 Å². The van der Waals surface area contributed by atoms with Gasteiger partial charge in [-0.2, -0.15) is 0 Å². The minimum atomic E-state index is -1.17. The molecule has 0 saturated carbocycles. The van der Waals surface area contributed by atoms with Crippen LogP contribution in [0.4, 0.5) is 0 Å². The van der Waals surface area contributed by atoms with E-state index in [0.717, 1.165) is 5.57 Å². The molecule has 0 saturated heterocycles. The van der Waals surface area contributed by atoms with Gasteiger partial charge in [-0.3, -0.25) is 4.79 Å². The molecule has 0 radical (unpaired) electrons. The Bertz CT molecular complexity index is 168. The lowest BCUT2D eigenvalue weighted by Crippen LogP contribution is -2.34. The molecule has 0 heterocycles. The molecule has 0 aliphatic carbocycles. The fraction of sp³-hybridized carbons (Fsp3) is 0.667. The van der Waals surface area contributed by atoms with Crippen LogP contribution < -0.4 is 0 Å². The van der Waals surface area contributed by atoms with Crippen LogP contribution in [0, 0.1) is 0 Å². The first-order valence-corrected chi connectivity index (χ1v) is 3.80. The monoisotopic (exact) mass is 156 g/mol. The largest absolute Gasteiger partial charge is 0.382 e. The highest BCUT2D eigenvalue weighted by Crippen LogP contribution is 2.14. The van der Waals surface area contributed by atoms with E-state index in [1.165, 1.54) is 6.92 Å². The maximum absolute atomic E-state index is 11.2. The lowest BCUT2D eigenvalue weighted by atomic mass is 9.94. The van der Waals surface area contributed by atoms with Crippen molar-refractivity contribution in [2.75, 3.05) is 0 Å². The average molecular weight is 156 g/mol. The van der Waals surface area contributed by atoms with Crippen molar-refractivity contribution in [2.45, 2.75) is 39.2 Å². The molecule has 2 nitrogen and oxygen atoms in total. The molecule has 0 aliphatic rings. The van der Waals surface area contributed by atoms with Gasteiger partial charge in [-0.25, -0.2) is 0 Å². The SMILES string of the molecule is C=C(C)CC(=O)C(C)(O)CC. The van der Waals surface area contributed by atoms with Crippen LogP contribution in [0.15, 0.2) is 12.2 Å². The fourth-order valence-electron chi connectivity index (χ4n) is 0.662. The number of aliphatic hydroxyl groups is 1. The van der Waals surface area contributed by atoms with Gasteiger partial charge < -0.3 is 5.11 Å². The number of Topliss-reactive ketones (excluding diaryl/α,β-unsaturated/α-hetero) is 1. The van der Waals surface area contributed by atoms with Crippen LogP contribution in [-0.2, 0) is 4.79 Å². The summed E-state index contributed by atoms with van der Waals surface area (Å²) in [5.74, 6) is -0.146. The first kappa shape index (κ1) is 10.4. The summed E-state index contributed by atoms with van der Waals surface area (Å²) in [6.45, 7) is 8.72. The first-order chi connectivity index (χ1) is 4.90. The molecule has 2 heteroatoms. The topological polar surface area (TPSA) is 37.3 Å². The van der Waals surface area contributed by atoms with E-state index in [4.69, 9.17) is 0 Å². The summed E-state index contributed by atoms with van der Waals surface area (Å²) >= 11 is 0. The zero-order chi connectivity index (χ0) is 9.07. The highest BCUT2D eigenvalue weighted by molar-refractivity contribution is 5.88. The van der Waals surface area contributed by atoms with Gasteiger partial charge in [0.2, 0.25) is 0 Å². The van der Waals surface area contributed by atoms with Crippen molar-refractivity contribution < 1.29 is 9.90 Å². The van der Waals surface area contributed by atoms with E-state index in [-0.39, 0.29) is 12.2 Å². The van der Waals surface area contributed by atoms with Crippen molar-refractivity contribution in [1.82, 2.24) is 0 Å². The molecular weight excluding hydrogens is 140 g/mol. The normalized spacial score (nSPS) is 15.6. The van der Waals surface area contributed by atoms with Gasteiger partial charge in [0.05, 0.1) is 0 Å². The molecule has 0 bridgehead atoms. The smallest absolute Gasteiger partial charge is 0.168 e. The van der Waals surface area contributed by atoms with Gasteiger partial charge in [0, 0.05) is 6.42 Å². The molecule has 0 rings (SSSR count). The van der Waals surface area contributed by atoms with Crippen molar-refractivity contribution in [3.8, 4) is 0 Å². The van der Waals surface area contributed by atoms with Crippen LogP contribution in [0.5, 0.6) is 0 Å². The van der Waals surface area contributed by atoms with Crippen LogP contribution in [0.2, 0.25) is 0 Å². The summed E-state index contributed by atoms with van der Waals surface area (Å²) in [5.41, 5.74) is -0.373. The van der Waals surface area contributed by atoms with Crippen LogP contribution in [0.1, 0.15) is 33.6 Å². The second-order valence-corrected chi connectivity index (χ2v) is 3.18. The number of carbonyl (C=O) groups excluding carboxylic acids is 1. The van der Waals surface area contributed by atoms with E-state index in [2.05, 4.69) is 6.58 Å². The second-order valence-electron chi connectivity index (χ2n) is 3.18. The van der Waals surface area contributed by atoms with Crippen molar-refractivity contribution in [3.63, 3.8) is 0 Å². The number of hydrogen-bond donors (Lipinski definition) is 1. The van der Waals surface area contributed by atoms with Crippen molar-refractivity contribution >= 4 is 5.78 Å². The Morgan fingerprint density at radius 1 is 1.64 bits per heavy atom. The van der Waals surface area contributed by atoms with Gasteiger partial charge in [0.25, 0.3) is 0 Å². The van der Waals surface area contributed by atoms with E-state index in [1.54, 1.807) is 13.8 Å². The third-order valence-electron chi connectivity index (χ3n) is 1.75. The quantitative estimate of drug-likeness (QED) is 0.629. The Morgan fingerprint density at radius 2 is 2.09 bits per heavy atom. The van der Waals surface area contributed by atoms with Gasteiger partial charge in [-0.05, 0) is 20.3 Å². The van der Waals surface area contributed by atoms with Gasteiger partial charge in [-0.1, -0.05) is 19.1 Å². The van der Waals surface area contributed by atoms with E-state index in [1.807, 2.05) is 0 Å². The van der Waals surface area contributed by atoms with E-state index >= 15 is 0 Å². The Morgan fingerprint density at radius 3 is 2.36 bits per heavy atom. The molecule has 0 fully saturated rings. The summed E-state index contributed by atoms with van der Waals surface area (Å²) in [7, 11) is 0. The number of ketones is 1. The summed E-state index contributed by atoms with van der Waals surface area (Å²) in [6, 6.07) is 0. The molecule has 11 heavy (non-hydrogen) atoms. The third-order valence-corrected chi connectivity index (χ3v) is 1.75. The maximum atomic E-state index is 11.2. The summed E-state index contributed by atoms with van der Waals surface area (Å²) in [6.07, 6.45) is 0.736. The Kier molecular flexibility index (Phi) is 3.46. The van der Waals surface area contributed by atoms with Gasteiger partial charge in [0.15, 0.2) is 5.78 Å². The summed E-state index contributed by atoms with van der Waals surface area (Å²) < 4.78 is 0. The highest BCUT2D eigenvalue weighted by atomic mass is 16.3. The average Bonchev–Trinajstić information content (AvgIpc) is 1.86. The lowest BCUT2D eigenvalue weighted by Gasteiger charge is -2.19. The number of carbonyl (C=O) groups is 1. The predicted molar refractivity (Wildman–Crippen MR) is 45.4 cm³/mol. The molecule has 0 aromatic carbocycles. The summed E-state index contributed by atoms with van der Waals surface area (Å²) in [5, 5.41) is 9.45. The van der Waals surface area contributed by atoms with Gasteiger partial charge in [0.1, 0.15) is 5.60 Å². The number of rotatable bonds is 4. The highest BCUT2D eigenvalue weighted by Gasteiger charge is 2.26. The minimum absolute atomic E-state index is 0.146. The molecule has 0 amide bonds. The molecule has 64 valence electrons. The zero-order valence-electron chi connectivity index (χ0n) is 7.48. The Hall–Kier alpha value is -0.630. The molecule has 0 aromatic heterocycles. The number of hydrogen-bond acceptors (Lipinski definition) is 2. The number of allylic oxidation sites excluding steroid dienone is 1. The third kappa shape index (κ3) is 3.33. The van der Waals surface area contributed by atoms with E-state index in [0.29, 0.717) is 6.42 Å². The fourth-order valence-corrected chi connectivity index (χ4v) is 0.662. The molecule has 0 spiro atoms. The van der Waals surface area contributed by atoms with Gasteiger partial charge >= 0.3 is 0 Å².